The first-order valence-electron chi connectivity index (χ1n) is 5.64. The van der Waals surface area contributed by atoms with Crippen molar-refractivity contribution in [2.75, 3.05) is 5.32 Å². The lowest BCUT2D eigenvalue weighted by Gasteiger charge is -2.15. The van der Waals surface area contributed by atoms with Gasteiger partial charge in [-0.2, -0.15) is 0 Å². The van der Waals surface area contributed by atoms with E-state index in [9.17, 15) is 0 Å². The zero-order valence-corrected chi connectivity index (χ0v) is 9.77. The van der Waals surface area contributed by atoms with Crippen LogP contribution in [0.1, 0.15) is 24.1 Å². The van der Waals surface area contributed by atoms with E-state index in [1.807, 2.05) is 18.2 Å². The smallest absolute Gasteiger partial charge is 0.0485 e. The molecule has 2 aromatic rings. The molecule has 0 spiro atoms. The summed E-state index contributed by atoms with van der Waals surface area (Å²) in [5.74, 6) is 0. The first-order chi connectivity index (χ1) is 7.75. The van der Waals surface area contributed by atoms with Gasteiger partial charge in [0.25, 0.3) is 0 Å². The number of aryl methyl sites for hydroxylation is 1. The van der Waals surface area contributed by atoms with Crippen LogP contribution in [0.2, 0.25) is 0 Å². The number of anilines is 1. The number of nitrogens with one attached hydrogen (secondary N) is 1. The summed E-state index contributed by atoms with van der Waals surface area (Å²) in [5, 5.41) is 3.48. The van der Waals surface area contributed by atoms with E-state index in [0.29, 0.717) is 6.04 Å². The highest BCUT2D eigenvalue weighted by atomic mass is 14.9. The summed E-state index contributed by atoms with van der Waals surface area (Å²) in [6, 6.07) is 19.3. The highest BCUT2D eigenvalue weighted by Crippen LogP contribution is 2.18. The Morgan fingerprint density at radius 2 is 1.50 bits per heavy atom. The lowest BCUT2D eigenvalue weighted by atomic mass is 10.1. The fourth-order valence-corrected chi connectivity index (χ4v) is 1.72. The van der Waals surface area contributed by atoms with Gasteiger partial charge in [-0.15, -0.1) is 0 Å². The number of hydrogen-bond donors (Lipinski definition) is 1. The molecule has 2 aromatic carbocycles. The molecule has 0 saturated heterocycles. The number of benzene rings is 2. The van der Waals surface area contributed by atoms with Crippen LogP contribution in [0.4, 0.5) is 5.69 Å². The summed E-state index contributed by atoms with van der Waals surface area (Å²) in [5.41, 5.74) is 3.78. The molecule has 0 aliphatic heterocycles. The molecule has 0 fully saturated rings. The second-order valence-corrected chi connectivity index (χ2v) is 4.14. The largest absolute Gasteiger partial charge is 0.379 e. The minimum Gasteiger partial charge on any atom is -0.379 e. The van der Waals surface area contributed by atoms with E-state index in [-0.39, 0.29) is 0 Å². The van der Waals surface area contributed by atoms with Crippen LogP contribution in [0.5, 0.6) is 0 Å². The van der Waals surface area contributed by atoms with Gasteiger partial charge in [-0.05, 0) is 31.5 Å². The lowest BCUT2D eigenvalue weighted by molar-refractivity contribution is 0.884. The Kier molecular flexibility index (Phi) is 3.25. The summed E-state index contributed by atoms with van der Waals surface area (Å²) in [6.45, 7) is 4.29. The number of rotatable bonds is 3. The topological polar surface area (TPSA) is 12.0 Å². The van der Waals surface area contributed by atoms with Crippen LogP contribution in [-0.2, 0) is 0 Å². The molecule has 0 saturated carbocycles. The van der Waals surface area contributed by atoms with E-state index in [2.05, 4.69) is 55.6 Å². The normalized spacial score (nSPS) is 12.1. The zero-order valence-electron chi connectivity index (χ0n) is 9.77. The van der Waals surface area contributed by atoms with Gasteiger partial charge in [-0.1, -0.05) is 48.0 Å². The van der Waals surface area contributed by atoms with Gasteiger partial charge in [0.05, 0.1) is 0 Å². The van der Waals surface area contributed by atoms with E-state index >= 15 is 0 Å². The highest BCUT2D eigenvalue weighted by molar-refractivity contribution is 5.45. The van der Waals surface area contributed by atoms with Crippen molar-refractivity contribution >= 4 is 5.69 Å². The molecule has 1 atom stereocenters. The molecule has 0 amide bonds. The maximum absolute atomic E-state index is 3.48. The molecule has 0 aromatic heterocycles. The minimum atomic E-state index is 0.336. The molecular weight excluding hydrogens is 194 g/mol. The van der Waals surface area contributed by atoms with Gasteiger partial charge in [0, 0.05) is 11.7 Å². The van der Waals surface area contributed by atoms with Crippen molar-refractivity contribution < 1.29 is 0 Å². The van der Waals surface area contributed by atoms with Crippen LogP contribution in [0, 0.1) is 6.92 Å². The Morgan fingerprint density at radius 1 is 0.875 bits per heavy atom. The molecule has 16 heavy (non-hydrogen) atoms. The maximum Gasteiger partial charge on any atom is 0.0485 e. The van der Waals surface area contributed by atoms with Crippen LogP contribution in [-0.4, -0.2) is 0 Å². The van der Waals surface area contributed by atoms with E-state index in [1.54, 1.807) is 0 Å². The van der Waals surface area contributed by atoms with Gasteiger partial charge in [0.15, 0.2) is 0 Å². The average Bonchev–Trinajstić information content (AvgIpc) is 2.31. The molecule has 0 unspecified atom stereocenters. The summed E-state index contributed by atoms with van der Waals surface area (Å²) in [7, 11) is 0. The Labute approximate surface area is 97.1 Å². The van der Waals surface area contributed by atoms with E-state index in [1.165, 1.54) is 11.1 Å². The van der Waals surface area contributed by atoms with Crippen LogP contribution < -0.4 is 5.32 Å². The van der Waals surface area contributed by atoms with E-state index in [0.717, 1.165) is 5.69 Å². The van der Waals surface area contributed by atoms with Crippen molar-refractivity contribution in [3.05, 3.63) is 65.7 Å². The molecule has 0 bridgehead atoms. The molecule has 1 heteroatoms. The van der Waals surface area contributed by atoms with Gasteiger partial charge >= 0.3 is 0 Å². The Morgan fingerprint density at radius 3 is 2.12 bits per heavy atom. The molecule has 2 rings (SSSR count). The Hall–Kier alpha value is -1.76. The molecule has 0 aliphatic rings. The van der Waals surface area contributed by atoms with Gasteiger partial charge < -0.3 is 5.32 Å². The fourth-order valence-electron chi connectivity index (χ4n) is 1.72. The Bertz CT molecular complexity index is 431. The molecule has 0 aliphatic carbocycles. The van der Waals surface area contributed by atoms with Crippen molar-refractivity contribution in [1.82, 2.24) is 0 Å². The molecule has 0 radical (unpaired) electrons. The SMILES string of the molecule is Cc1ccc([C@H](C)Nc2ccccc2)cc1. The first kappa shape index (κ1) is 10.7. The van der Waals surface area contributed by atoms with Gasteiger partial charge in [-0.25, -0.2) is 0 Å². The maximum atomic E-state index is 3.48. The third-order valence-corrected chi connectivity index (χ3v) is 2.73. The van der Waals surface area contributed by atoms with Crippen molar-refractivity contribution in [1.29, 1.82) is 0 Å². The third kappa shape index (κ3) is 2.63. The van der Waals surface area contributed by atoms with Crippen LogP contribution in [0.3, 0.4) is 0 Å². The van der Waals surface area contributed by atoms with Gasteiger partial charge in [0.1, 0.15) is 0 Å². The second-order valence-electron chi connectivity index (χ2n) is 4.14. The summed E-state index contributed by atoms with van der Waals surface area (Å²) >= 11 is 0. The van der Waals surface area contributed by atoms with E-state index < -0.39 is 0 Å². The second kappa shape index (κ2) is 4.84. The monoisotopic (exact) mass is 211 g/mol. The van der Waals surface area contributed by atoms with Crippen molar-refractivity contribution in [2.24, 2.45) is 0 Å². The third-order valence-electron chi connectivity index (χ3n) is 2.73. The molecule has 82 valence electrons. The average molecular weight is 211 g/mol. The lowest BCUT2D eigenvalue weighted by Crippen LogP contribution is -2.06. The molecular formula is C15H17N. The number of hydrogen-bond acceptors (Lipinski definition) is 1. The standard InChI is InChI=1S/C15H17N/c1-12-8-10-14(11-9-12)13(2)16-15-6-4-3-5-7-15/h3-11,13,16H,1-2H3/t13-/m0/s1. The quantitative estimate of drug-likeness (QED) is 0.803. The number of para-hydroxylation sites is 1. The predicted octanol–water partition coefficient (Wildman–Crippen LogP) is 4.17. The summed E-state index contributed by atoms with van der Waals surface area (Å²) < 4.78 is 0. The molecule has 1 N–H and O–H groups in total. The summed E-state index contributed by atoms with van der Waals surface area (Å²) in [6.07, 6.45) is 0. The van der Waals surface area contributed by atoms with Crippen LogP contribution in [0.15, 0.2) is 54.6 Å². The highest BCUT2D eigenvalue weighted by Gasteiger charge is 2.03. The molecule has 0 heterocycles. The fraction of sp³-hybridized carbons (Fsp3) is 0.200. The Balaban J connectivity index is 2.09. The van der Waals surface area contributed by atoms with Crippen LogP contribution >= 0.6 is 0 Å². The van der Waals surface area contributed by atoms with Crippen LogP contribution in [0.25, 0.3) is 0 Å². The minimum absolute atomic E-state index is 0.336. The van der Waals surface area contributed by atoms with Gasteiger partial charge in [0.2, 0.25) is 0 Å². The first-order valence-corrected chi connectivity index (χ1v) is 5.64. The summed E-state index contributed by atoms with van der Waals surface area (Å²) in [4.78, 5) is 0. The van der Waals surface area contributed by atoms with Crippen molar-refractivity contribution in [3.8, 4) is 0 Å². The van der Waals surface area contributed by atoms with Gasteiger partial charge in [-0.3, -0.25) is 0 Å². The molecule has 1 nitrogen and oxygen atoms in total. The predicted molar refractivity (Wildman–Crippen MR) is 69.7 cm³/mol. The van der Waals surface area contributed by atoms with Crippen molar-refractivity contribution in [2.45, 2.75) is 19.9 Å². The zero-order chi connectivity index (χ0) is 11.4. The van der Waals surface area contributed by atoms with Crippen molar-refractivity contribution in [3.63, 3.8) is 0 Å². The van der Waals surface area contributed by atoms with E-state index in [4.69, 9.17) is 0 Å².